The maximum Gasteiger partial charge on any atom is 0.240 e. The van der Waals surface area contributed by atoms with E-state index < -0.39 is 0 Å². The second kappa shape index (κ2) is 7.46. The molecule has 2 aromatic carbocycles. The molecule has 0 aliphatic heterocycles. The first-order valence-electron chi connectivity index (χ1n) is 8.44. The van der Waals surface area contributed by atoms with Crippen LogP contribution in [0.25, 0.3) is 11.0 Å². The van der Waals surface area contributed by atoms with E-state index in [9.17, 15) is 4.39 Å². The van der Waals surface area contributed by atoms with Crippen LogP contribution in [0.1, 0.15) is 23.1 Å². The van der Waals surface area contributed by atoms with Crippen molar-refractivity contribution < 1.29 is 8.91 Å². The number of fused-ring (bicyclic) bond motifs is 1. The molecule has 1 N–H and O–H groups in total. The summed E-state index contributed by atoms with van der Waals surface area (Å²) in [5.74, 6) is 1.59. The third-order valence-corrected chi connectivity index (χ3v) is 4.31. The fraction of sp³-hybridized carbons (Fsp3) is 0.211. The van der Waals surface area contributed by atoms with Crippen molar-refractivity contribution in [2.75, 3.05) is 7.05 Å². The van der Waals surface area contributed by atoms with Crippen LogP contribution in [0, 0.1) is 5.82 Å². The van der Waals surface area contributed by atoms with Gasteiger partial charge < -0.3 is 9.51 Å². The minimum Gasteiger partial charge on any atom is -0.341 e. The van der Waals surface area contributed by atoms with Gasteiger partial charge in [-0.25, -0.2) is 9.37 Å². The highest BCUT2D eigenvalue weighted by Crippen LogP contribution is 2.18. The summed E-state index contributed by atoms with van der Waals surface area (Å²) in [5.41, 5.74) is 2.58. The smallest absolute Gasteiger partial charge is 0.240 e. The van der Waals surface area contributed by atoms with Crippen molar-refractivity contribution in [2.24, 2.45) is 0 Å². The summed E-state index contributed by atoms with van der Waals surface area (Å²) in [6, 6.07) is 11.9. The molecule has 6 nitrogen and oxygen atoms in total. The molecular weight excluding hydrogens is 369 g/mol. The van der Waals surface area contributed by atoms with E-state index in [2.05, 4.69) is 20.1 Å². The van der Waals surface area contributed by atoms with Crippen LogP contribution in [0.5, 0.6) is 0 Å². The summed E-state index contributed by atoms with van der Waals surface area (Å²) in [4.78, 5) is 14.2. The van der Waals surface area contributed by atoms with Gasteiger partial charge >= 0.3 is 0 Å². The predicted octanol–water partition coefficient (Wildman–Crippen LogP) is 3.96. The van der Waals surface area contributed by atoms with E-state index in [0.717, 1.165) is 22.4 Å². The number of hydrogen-bond acceptors (Lipinski definition) is 5. The third-order valence-electron chi connectivity index (χ3n) is 4.08. The summed E-state index contributed by atoms with van der Waals surface area (Å²) in [6.45, 7) is 1.07. The molecule has 138 valence electrons. The summed E-state index contributed by atoms with van der Waals surface area (Å²) in [5, 5.41) is 4.64. The van der Waals surface area contributed by atoms with Crippen molar-refractivity contribution in [3.8, 4) is 0 Å². The maximum absolute atomic E-state index is 13.3. The Balaban J connectivity index is 1.39. The van der Waals surface area contributed by atoms with E-state index >= 15 is 0 Å². The molecule has 0 aliphatic carbocycles. The molecule has 2 aromatic heterocycles. The van der Waals surface area contributed by atoms with Gasteiger partial charge in [-0.2, -0.15) is 4.98 Å². The van der Waals surface area contributed by atoms with Crippen LogP contribution in [-0.4, -0.2) is 32.1 Å². The zero-order chi connectivity index (χ0) is 18.8. The molecule has 0 amide bonds. The normalized spacial score (nSPS) is 11.6. The van der Waals surface area contributed by atoms with Crippen molar-refractivity contribution in [2.45, 2.75) is 19.5 Å². The average molecular weight is 386 g/mol. The molecule has 0 unspecified atom stereocenters. The molecule has 0 spiro atoms. The third kappa shape index (κ3) is 4.32. The summed E-state index contributed by atoms with van der Waals surface area (Å²) in [7, 11) is 1.94. The minimum atomic E-state index is -0.275. The zero-order valence-electron chi connectivity index (χ0n) is 14.6. The van der Waals surface area contributed by atoms with E-state index in [-0.39, 0.29) is 5.82 Å². The Morgan fingerprint density at radius 2 is 2.04 bits per heavy atom. The molecule has 0 fully saturated rings. The fourth-order valence-corrected chi connectivity index (χ4v) is 3.08. The highest BCUT2D eigenvalue weighted by molar-refractivity contribution is 6.31. The van der Waals surface area contributed by atoms with Crippen LogP contribution in [0.4, 0.5) is 4.39 Å². The monoisotopic (exact) mass is 385 g/mol. The Morgan fingerprint density at radius 3 is 2.89 bits per heavy atom. The van der Waals surface area contributed by atoms with Crippen LogP contribution in [0.15, 0.2) is 47.0 Å². The highest BCUT2D eigenvalue weighted by atomic mass is 35.5. The van der Waals surface area contributed by atoms with Gasteiger partial charge in [0.25, 0.3) is 0 Å². The first-order valence-corrected chi connectivity index (χ1v) is 8.81. The van der Waals surface area contributed by atoms with Gasteiger partial charge in [0, 0.05) is 11.4 Å². The lowest BCUT2D eigenvalue weighted by atomic mass is 10.1. The number of H-pyrrole nitrogens is 1. The van der Waals surface area contributed by atoms with Gasteiger partial charge in [-0.1, -0.05) is 28.9 Å². The minimum absolute atomic E-state index is 0.275. The summed E-state index contributed by atoms with van der Waals surface area (Å²) in [6.07, 6.45) is 0.426. The predicted molar refractivity (Wildman–Crippen MR) is 99.8 cm³/mol. The van der Waals surface area contributed by atoms with Gasteiger partial charge in [-0.15, -0.1) is 0 Å². The molecule has 0 saturated carbocycles. The van der Waals surface area contributed by atoms with Crippen LogP contribution in [0.2, 0.25) is 5.02 Å². The second-order valence-corrected chi connectivity index (χ2v) is 6.86. The Kier molecular flexibility index (Phi) is 4.87. The van der Waals surface area contributed by atoms with E-state index in [0.29, 0.717) is 36.2 Å². The Labute approximate surface area is 160 Å². The van der Waals surface area contributed by atoms with E-state index in [1.165, 1.54) is 12.1 Å². The molecule has 2 heterocycles. The van der Waals surface area contributed by atoms with Crippen molar-refractivity contribution in [1.82, 2.24) is 25.0 Å². The van der Waals surface area contributed by atoms with Crippen LogP contribution in [-0.2, 0) is 19.5 Å². The van der Waals surface area contributed by atoms with Crippen LogP contribution >= 0.6 is 11.6 Å². The van der Waals surface area contributed by atoms with Gasteiger partial charge in [0.2, 0.25) is 5.89 Å². The first-order chi connectivity index (χ1) is 13.0. The van der Waals surface area contributed by atoms with Crippen molar-refractivity contribution >= 4 is 22.6 Å². The van der Waals surface area contributed by atoms with E-state index in [1.54, 1.807) is 6.07 Å². The maximum atomic E-state index is 13.3. The average Bonchev–Trinajstić information content (AvgIpc) is 3.20. The molecule has 4 aromatic rings. The summed E-state index contributed by atoms with van der Waals surface area (Å²) >= 11 is 6.00. The first kappa shape index (κ1) is 17.6. The number of aromatic nitrogens is 4. The number of halogens is 2. The number of imidazole rings is 1. The number of nitrogens with zero attached hydrogens (tertiary/aromatic N) is 4. The molecule has 0 bridgehead atoms. The SMILES string of the molecule is CN(Cc1nc2ccc(Cl)cc2[nH]1)Cc1nc(Cc2cccc(F)c2)no1. The molecule has 8 heteroatoms. The Hall–Kier alpha value is -2.77. The molecule has 0 saturated heterocycles. The van der Waals surface area contributed by atoms with E-state index in [4.69, 9.17) is 16.1 Å². The molecule has 4 rings (SSSR count). The van der Waals surface area contributed by atoms with Crippen molar-refractivity contribution in [3.05, 3.63) is 76.4 Å². The standard InChI is InChI=1S/C19H17ClFN5O/c1-26(10-18-22-15-6-5-13(20)9-16(15)23-18)11-19-24-17(25-27-19)8-12-3-2-4-14(21)7-12/h2-7,9H,8,10-11H2,1H3,(H,22,23). The molecule has 0 atom stereocenters. The molecule has 0 radical (unpaired) electrons. The largest absolute Gasteiger partial charge is 0.341 e. The summed E-state index contributed by atoms with van der Waals surface area (Å²) < 4.78 is 18.6. The van der Waals surface area contributed by atoms with Crippen LogP contribution in [0.3, 0.4) is 0 Å². The van der Waals surface area contributed by atoms with Gasteiger partial charge in [-0.3, -0.25) is 4.90 Å². The topological polar surface area (TPSA) is 70.8 Å². The highest BCUT2D eigenvalue weighted by Gasteiger charge is 2.12. The van der Waals surface area contributed by atoms with E-state index in [1.807, 2.05) is 36.2 Å². The number of nitrogens with one attached hydrogen (secondary N) is 1. The van der Waals surface area contributed by atoms with Gasteiger partial charge in [0.15, 0.2) is 5.82 Å². The molecule has 0 aliphatic rings. The lowest BCUT2D eigenvalue weighted by Crippen LogP contribution is -2.18. The zero-order valence-corrected chi connectivity index (χ0v) is 15.4. The fourth-order valence-electron chi connectivity index (χ4n) is 2.91. The Bertz CT molecular complexity index is 1080. The quantitative estimate of drug-likeness (QED) is 0.544. The second-order valence-electron chi connectivity index (χ2n) is 6.43. The van der Waals surface area contributed by atoms with Crippen LogP contribution < -0.4 is 0 Å². The van der Waals surface area contributed by atoms with Gasteiger partial charge in [0.1, 0.15) is 11.6 Å². The Morgan fingerprint density at radius 1 is 1.15 bits per heavy atom. The van der Waals surface area contributed by atoms with Gasteiger partial charge in [-0.05, 0) is 42.9 Å². The lowest BCUT2D eigenvalue weighted by Gasteiger charge is -2.11. The lowest BCUT2D eigenvalue weighted by molar-refractivity contribution is 0.256. The number of benzene rings is 2. The number of aromatic amines is 1. The number of hydrogen-bond donors (Lipinski definition) is 1. The number of rotatable bonds is 6. The van der Waals surface area contributed by atoms with Crippen molar-refractivity contribution in [3.63, 3.8) is 0 Å². The van der Waals surface area contributed by atoms with Gasteiger partial charge in [0.05, 0.1) is 24.1 Å². The molecule has 27 heavy (non-hydrogen) atoms. The van der Waals surface area contributed by atoms with Crippen molar-refractivity contribution in [1.29, 1.82) is 0 Å². The molecular formula is C19H17ClFN5O.